The number of carbonyl (C=O) groups excluding carboxylic acids is 2. The Balaban J connectivity index is 2.07. The Morgan fingerprint density at radius 1 is 0.921 bits per heavy atom. The maximum absolute atomic E-state index is 13.9. The van der Waals surface area contributed by atoms with Crippen LogP contribution in [0.3, 0.4) is 0 Å². The Morgan fingerprint density at radius 3 is 2.16 bits per heavy atom. The highest BCUT2D eigenvalue weighted by molar-refractivity contribution is 7.92. The van der Waals surface area contributed by atoms with Gasteiger partial charge in [-0.15, -0.1) is 0 Å². The van der Waals surface area contributed by atoms with Gasteiger partial charge in [-0.2, -0.15) is 0 Å². The number of anilines is 1. The van der Waals surface area contributed by atoms with Crippen LogP contribution in [-0.2, 0) is 26.2 Å². The van der Waals surface area contributed by atoms with Gasteiger partial charge < -0.3 is 10.2 Å². The van der Waals surface area contributed by atoms with Gasteiger partial charge in [-0.3, -0.25) is 13.9 Å². The van der Waals surface area contributed by atoms with Crippen molar-refractivity contribution >= 4 is 50.7 Å². The maximum atomic E-state index is 13.9. The van der Waals surface area contributed by atoms with Crippen LogP contribution in [0.5, 0.6) is 0 Å². The first-order chi connectivity index (χ1) is 17.9. The van der Waals surface area contributed by atoms with Gasteiger partial charge in [0.2, 0.25) is 11.8 Å². The number of rotatable bonds is 10. The molecule has 0 heterocycles. The molecule has 0 spiro atoms. The molecule has 1 atom stereocenters. The van der Waals surface area contributed by atoms with E-state index in [1.807, 2.05) is 45.0 Å². The predicted octanol–water partition coefficient (Wildman–Crippen LogP) is 5.44. The van der Waals surface area contributed by atoms with Crippen molar-refractivity contribution in [1.29, 1.82) is 0 Å². The molecule has 0 saturated heterocycles. The van der Waals surface area contributed by atoms with Crippen molar-refractivity contribution in [3.05, 3.63) is 94.0 Å². The molecular formula is C28H31Cl2N3O4S. The molecule has 202 valence electrons. The molecule has 0 saturated carbocycles. The average molecular weight is 577 g/mol. The Morgan fingerprint density at radius 2 is 1.55 bits per heavy atom. The van der Waals surface area contributed by atoms with Crippen molar-refractivity contribution in [1.82, 2.24) is 10.2 Å². The Hall–Kier alpha value is -3.07. The number of hydrogen-bond donors (Lipinski definition) is 1. The fraction of sp³-hybridized carbons (Fsp3) is 0.286. The first kappa shape index (κ1) is 29.5. The van der Waals surface area contributed by atoms with Gasteiger partial charge in [-0.05, 0) is 69.2 Å². The summed E-state index contributed by atoms with van der Waals surface area (Å²) in [5.74, 6) is -0.908. The van der Waals surface area contributed by atoms with E-state index in [-0.39, 0.29) is 34.1 Å². The van der Waals surface area contributed by atoms with Crippen LogP contribution in [0.1, 0.15) is 31.9 Å². The first-order valence-corrected chi connectivity index (χ1v) is 14.3. The summed E-state index contributed by atoms with van der Waals surface area (Å²) in [6.07, 6.45) is 0. The lowest BCUT2D eigenvalue weighted by molar-refractivity contribution is -0.139. The summed E-state index contributed by atoms with van der Waals surface area (Å²) in [4.78, 5) is 28.3. The largest absolute Gasteiger partial charge is 0.352 e. The highest BCUT2D eigenvalue weighted by Gasteiger charge is 2.33. The van der Waals surface area contributed by atoms with Crippen LogP contribution in [0.15, 0.2) is 77.7 Å². The van der Waals surface area contributed by atoms with Crippen molar-refractivity contribution in [2.45, 2.75) is 51.2 Å². The van der Waals surface area contributed by atoms with E-state index in [0.717, 1.165) is 15.4 Å². The molecule has 38 heavy (non-hydrogen) atoms. The lowest BCUT2D eigenvalue weighted by Gasteiger charge is -2.32. The molecule has 10 heteroatoms. The molecular weight excluding hydrogens is 545 g/mol. The summed E-state index contributed by atoms with van der Waals surface area (Å²) in [6, 6.07) is 18.7. The van der Waals surface area contributed by atoms with E-state index >= 15 is 0 Å². The van der Waals surface area contributed by atoms with E-state index < -0.39 is 28.5 Å². The van der Waals surface area contributed by atoms with Gasteiger partial charge in [-0.25, -0.2) is 8.42 Å². The Kier molecular flexibility index (Phi) is 9.82. The lowest BCUT2D eigenvalue weighted by Crippen LogP contribution is -2.52. The van der Waals surface area contributed by atoms with Crippen LogP contribution < -0.4 is 9.62 Å². The predicted molar refractivity (Wildman–Crippen MR) is 152 cm³/mol. The standard InChI is InChI=1S/C28H31Cl2N3O4S/c1-19(2)31-28(35)21(4)32(17-22-11-9-8-10-20(22)3)27(34)18-33(26-15-14-23(29)16-25(26)30)38(36,37)24-12-6-5-7-13-24/h5-16,19,21H,17-18H2,1-4H3,(H,31,35). The molecule has 7 nitrogen and oxygen atoms in total. The molecule has 2 amide bonds. The summed E-state index contributed by atoms with van der Waals surface area (Å²) < 4.78 is 28.5. The fourth-order valence-electron chi connectivity index (χ4n) is 3.88. The molecule has 1 N–H and O–H groups in total. The van der Waals surface area contributed by atoms with Gasteiger partial charge in [0.15, 0.2) is 0 Å². The molecule has 0 aliphatic carbocycles. The Labute approximate surface area is 234 Å². The van der Waals surface area contributed by atoms with Gasteiger partial charge in [0.1, 0.15) is 12.6 Å². The molecule has 0 fully saturated rings. The normalized spacial score (nSPS) is 12.2. The quantitative estimate of drug-likeness (QED) is 0.348. The zero-order chi connectivity index (χ0) is 28.0. The lowest BCUT2D eigenvalue weighted by atomic mass is 10.1. The number of nitrogens with one attached hydrogen (secondary N) is 1. The second-order valence-corrected chi connectivity index (χ2v) is 11.9. The summed E-state index contributed by atoms with van der Waals surface area (Å²) in [5, 5.41) is 3.23. The van der Waals surface area contributed by atoms with Crippen molar-refractivity contribution in [2.24, 2.45) is 0 Å². The molecule has 0 aliphatic rings. The van der Waals surface area contributed by atoms with Crippen molar-refractivity contribution in [2.75, 3.05) is 10.8 Å². The number of hydrogen-bond acceptors (Lipinski definition) is 4. The molecule has 0 aliphatic heterocycles. The molecule has 3 rings (SSSR count). The average Bonchev–Trinajstić information content (AvgIpc) is 2.86. The number of sulfonamides is 1. The number of halogens is 2. The van der Waals surface area contributed by atoms with E-state index in [0.29, 0.717) is 5.02 Å². The molecule has 0 aromatic heterocycles. The monoisotopic (exact) mass is 575 g/mol. The number of amides is 2. The minimum Gasteiger partial charge on any atom is -0.352 e. The number of benzene rings is 3. The topological polar surface area (TPSA) is 86.8 Å². The summed E-state index contributed by atoms with van der Waals surface area (Å²) >= 11 is 12.5. The van der Waals surface area contributed by atoms with Gasteiger partial charge >= 0.3 is 0 Å². The van der Waals surface area contributed by atoms with Crippen LogP contribution in [0.25, 0.3) is 0 Å². The van der Waals surface area contributed by atoms with Crippen LogP contribution >= 0.6 is 23.2 Å². The van der Waals surface area contributed by atoms with Crippen LogP contribution in [0.2, 0.25) is 10.0 Å². The van der Waals surface area contributed by atoms with Crippen molar-refractivity contribution in [3.63, 3.8) is 0 Å². The summed E-state index contributed by atoms with van der Waals surface area (Å²) in [5.41, 5.74) is 1.88. The first-order valence-electron chi connectivity index (χ1n) is 12.1. The third kappa shape index (κ3) is 7.07. The third-order valence-corrected chi connectivity index (χ3v) is 8.30. The van der Waals surface area contributed by atoms with E-state index in [4.69, 9.17) is 23.2 Å². The fourth-order valence-corrected chi connectivity index (χ4v) is 5.89. The Bertz CT molecular complexity index is 1400. The smallest absolute Gasteiger partial charge is 0.264 e. The maximum Gasteiger partial charge on any atom is 0.264 e. The molecule has 0 radical (unpaired) electrons. The van der Waals surface area contributed by atoms with E-state index in [9.17, 15) is 18.0 Å². The van der Waals surface area contributed by atoms with E-state index in [1.54, 1.807) is 25.1 Å². The highest BCUT2D eigenvalue weighted by Crippen LogP contribution is 2.33. The number of aryl methyl sites for hydroxylation is 1. The molecule has 3 aromatic rings. The summed E-state index contributed by atoms with van der Waals surface area (Å²) in [6.45, 7) is 6.73. The SMILES string of the molecule is Cc1ccccc1CN(C(=O)CN(c1ccc(Cl)cc1Cl)S(=O)(=O)c1ccccc1)C(C)C(=O)NC(C)C. The second kappa shape index (κ2) is 12.7. The molecule has 3 aromatic carbocycles. The molecule has 1 unspecified atom stereocenters. The molecule has 0 bridgehead atoms. The van der Waals surface area contributed by atoms with Gasteiger partial charge in [0, 0.05) is 17.6 Å². The van der Waals surface area contributed by atoms with Crippen molar-refractivity contribution < 1.29 is 18.0 Å². The van der Waals surface area contributed by atoms with Gasteiger partial charge in [-0.1, -0.05) is 65.7 Å². The minimum atomic E-state index is -4.21. The zero-order valence-corrected chi connectivity index (χ0v) is 24.0. The van der Waals surface area contributed by atoms with Crippen LogP contribution in [-0.4, -0.2) is 43.8 Å². The van der Waals surface area contributed by atoms with E-state index in [1.165, 1.54) is 35.2 Å². The van der Waals surface area contributed by atoms with E-state index in [2.05, 4.69) is 5.32 Å². The zero-order valence-electron chi connectivity index (χ0n) is 21.7. The minimum absolute atomic E-state index is 0.00475. The van der Waals surface area contributed by atoms with Gasteiger partial charge in [0.25, 0.3) is 10.0 Å². The van der Waals surface area contributed by atoms with Crippen LogP contribution in [0.4, 0.5) is 5.69 Å². The third-order valence-electron chi connectivity index (χ3n) is 5.99. The van der Waals surface area contributed by atoms with Gasteiger partial charge in [0.05, 0.1) is 15.6 Å². The number of nitrogens with zero attached hydrogens (tertiary/aromatic N) is 2. The van der Waals surface area contributed by atoms with Crippen LogP contribution in [0, 0.1) is 6.92 Å². The second-order valence-electron chi connectivity index (χ2n) is 9.21. The summed E-state index contributed by atoms with van der Waals surface area (Å²) in [7, 11) is -4.21. The number of carbonyl (C=O) groups is 2. The highest BCUT2D eigenvalue weighted by atomic mass is 35.5. The van der Waals surface area contributed by atoms with Crippen molar-refractivity contribution in [3.8, 4) is 0 Å².